The predicted molar refractivity (Wildman–Crippen MR) is 69.2 cm³/mol. The molecule has 3 aromatic rings. The third-order valence-electron chi connectivity index (χ3n) is 2.70. The molecule has 0 aliphatic rings. The Bertz CT molecular complexity index is 833. The van der Waals surface area contributed by atoms with Crippen molar-refractivity contribution < 1.29 is 8.42 Å². The van der Waals surface area contributed by atoms with E-state index in [2.05, 4.69) is 15.0 Å². The average molecular weight is 271 g/mol. The Kier molecular flexibility index (Phi) is 2.72. The summed E-state index contributed by atoms with van der Waals surface area (Å²) in [6.45, 7) is 0. The number of rotatable bonds is 2. The van der Waals surface area contributed by atoms with Crippen LogP contribution in [0.2, 0.25) is 0 Å². The zero-order valence-corrected chi connectivity index (χ0v) is 10.6. The minimum Gasteiger partial charge on any atom is -0.263 e. The molecule has 3 rings (SSSR count). The van der Waals surface area contributed by atoms with Crippen molar-refractivity contribution in [3.05, 3.63) is 55.1 Å². The van der Waals surface area contributed by atoms with Gasteiger partial charge in [0.1, 0.15) is 0 Å². The molecule has 0 radical (unpaired) electrons. The first-order valence-corrected chi connectivity index (χ1v) is 7.02. The standard InChI is InChI=1S/C13H9N3O2S/c17-19(18,11-2-1-5-14-9-11)10-3-4-12-13(8-10)16-7-6-15-12/h1-9H. The summed E-state index contributed by atoms with van der Waals surface area (Å²) in [5, 5.41) is 0. The highest BCUT2D eigenvalue weighted by atomic mass is 32.2. The van der Waals surface area contributed by atoms with E-state index in [1.807, 2.05) is 0 Å². The number of benzene rings is 1. The number of hydrogen-bond donors (Lipinski definition) is 0. The molecular formula is C13H9N3O2S. The maximum atomic E-state index is 12.4. The van der Waals surface area contributed by atoms with Crippen LogP contribution < -0.4 is 0 Å². The molecule has 0 atom stereocenters. The summed E-state index contributed by atoms with van der Waals surface area (Å²) in [5.41, 5.74) is 1.21. The third kappa shape index (κ3) is 2.06. The largest absolute Gasteiger partial charge is 0.263 e. The summed E-state index contributed by atoms with van der Waals surface area (Å²) in [7, 11) is -3.56. The van der Waals surface area contributed by atoms with Gasteiger partial charge in [-0.05, 0) is 30.3 Å². The average Bonchev–Trinajstić information content (AvgIpc) is 2.47. The topological polar surface area (TPSA) is 72.8 Å². The van der Waals surface area contributed by atoms with Crippen LogP contribution in [0.25, 0.3) is 11.0 Å². The fraction of sp³-hybridized carbons (Fsp3) is 0. The Morgan fingerprint density at radius 2 is 1.63 bits per heavy atom. The maximum Gasteiger partial charge on any atom is 0.208 e. The Labute approximate surface area is 109 Å². The molecule has 2 aromatic heterocycles. The van der Waals surface area contributed by atoms with Gasteiger partial charge in [0.2, 0.25) is 9.84 Å². The fourth-order valence-electron chi connectivity index (χ4n) is 1.75. The molecule has 0 aliphatic heterocycles. The molecule has 0 saturated carbocycles. The van der Waals surface area contributed by atoms with Gasteiger partial charge in [0.15, 0.2) is 0 Å². The van der Waals surface area contributed by atoms with Gasteiger partial charge < -0.3 is 0 Å². The van der Waals surface area contributed by atoms with Crippen LogP contribution in [0.3, 0.4) is 0 Å². The van der Waals surface area contributed by atoms with Crippen LogP contribution in [-0.4, -0.2) is 23.4 Å². The van der Waals surface area contributed by atoms with Crippen molar-refractivity contribution in [3.63, 3.8) is 0 Å². The van der Waals surface area contributed by atoms with Crippen LogP contribution in [0.4, 0.5) is 0 Å². The Morgan fingerprint density at radius 3 is 2.37 bits per heavy atom. The van der Waals surface area contributed by atoms with Crippen molar-refractivity contribution in [1.29, 1.82) is 0 Å². The summed E-state index contributed by atoms with van der Waals surface area (Å²) in [6, 6.07) is 7.80. The highest BCUT2D eigenvalue weighted by Crippen LogP contribution is 2.22. The number of fused-ring (bicyclic) bond motifs is 1. The van der Waals surface area contributed by atoms with Gasteiger partial charge >= 0.3 is 0 Å². The first kappa shape index (κ1) is 11.7. The summed E-state index contributed by atoms with van der Waals surface area (Å²) < 4.78 is 24.8. The van der Waals surface area contributed by atoms with E-state index in [9.17, 15) is 8.42 Å². The van der Waals surface area contributed by atoms with Crippen LogP contribution in [0.15, 0.2) is 64.9 Å². The summed E-state index contributed by atoms with van der Waals surface area (Å²) in [4.78, 5) is 12.4. The summed E-state index contributed by atoms with van der Waals surface area (Å²) >= 11 is 0. The van der Waals surface area contributed by atoms with Crippen molar-refractivity contribution in [2.75, 3.05) is 0 Å². The van der Waals surface area contributed by atoms with Crippen LogP contribution in [0.1, 0.15) is 0 Å². The lowest BCUT2D eigenvalue weighted by Crippen LogP contribution is -2.02. The maximum absolute atomic E-state index is 12.4. The summed E-state index contributed by atoms with van der Waals surface area (Å²) in [5.74, 6) is 0. The van der Waals surface area contributed by atoms with Gasteiger partial charge in [-0.2, -0.15) is 0 Å². The minimum absolute atomic E-state index is 0.165. The van der Waals surface area contributed by atoms with Crippen molar-refractivity contribution in [2.24, 2.45) is 0 Å². The van der Waals surface area contributed by atoms with E-state index in [1.165, 1.54) is 36.8 Å². The number of hydrogen-bond acceptors (Lipinski definition) is 5. The molecule has 0 fully saturated rings. The molecule has 94 valence electrons. The highest BCUT2D eigenvalue weighted by molar-refractivity contribution is 7.91. The lowest BCUT2D eigenvalue weighted by Gasteiger charge is -2.04. The lowest BCUT2D eigenvalue weighted by atomic mass is 10.3. The molecule has 0 saturated heterocycles. The number of aromatic nitrogens is 3. The molecule has 2 heterocycles. The molecule has 0 spiro atoms. The van der Waals surface area contributed by atoms with Crippen LogP contribution in [-0.2, 0) is 9.84 Å². The molecule has 0 aliphatic carbocycles. The zero-order valence-electron chi connectivity index (χ0n) is 9.76. The third-order valence-corrected chi connectivity index (χ3v) is 4.43. The first-order valence-electron chi connectivity index (χ1n) is 5.54. The fourth-order valence-corrected chi connectivity index (χ4v) is 3.00. The molecule has 0 amide bonds. The molecule has 5 nitrogen and oxygen atoms in total. The molecule has 0 unspecified atom stereocenters. The van der Waals surface area contributed by atoms with Crippen molar-refractivity contribution in [1.82, 2.24) is 15.0 Å². The van der Waals surface area contributed by atoms with Crippen LogP contribution in [0, 0.1) is 0 Å². The Morgan fingerprint density at radius 1 is 0.842 bits per heavy atom. The van der Waals surface area contributed by atoms with E-state index >= 15 is 0 Å². The van der Waals surface area contributed by atoms with Gasteiger partial charge in [0.05, 0.1) is 20.8 Å². The van der Waals surface area contributed by atoms with Crippen molar-refractivity contribution in [3.8, 4) is 0 Å². The van der Waals surface area contributed by atoms with Crippen LogP contribution in [0.5, 0.6) is 0 Å². The van der Waals surface area contributed by atoms with Crippen molar-refractivity contribution >= 4 is 20.9 Å². The lowest BCUT2D eigenvalue weighted by molar-refractivity contribution is 0.596. The van der Waals surface area contributed by atoms with E-state index in [0.717, 1.165) is 0 Å². The smallest absolute Gasteiger partial charge is 0.208 e. The predicted octanol–water partition coefficient (Wildman–Crippen LogP) is 1.86. The normalized spacial score (nSPS) is 11.6. The zero-order chi connectivity index (χ0) is 13.3. The monoisotopic (exact) mass is 271 g/mol. The Balaban J connectivity index is 2.19. The minimum atomic E-state index is -3.56. The van der Waals surface area contributed by atoms with Crippen molar-refractivity contribution in [2.45, 2.75) is 9.79 Å². The quantitative estimate of drug-likeness (QED) is 0.711. The van der Waals surface area contributed by atoms with E-state index in [-0.39, 0.29) is 9.79 Å². The summed E-state index contributed by atoms with van der Waals surface area (Å²) in [6.07, 6.45) is 5.96. The molecular weight excluding hydrogens is 262 g/mol. The van der Waals surface area contributed by atoms with Gasteiger partial charge in [-0.15, -0.1) is 0 Å². The number of nitrogens with zero attached hydrogens (tertiary/aromatic N) is 3. The first-order chi connectivity index (χ1) is 9.18. The number of pyridine rings is 1. The molecule has 0 N–H and O–H groups in total. The van der Waals surface area contributed by atoms with Gasteiger partial charge in [0.25, 0.3) is 0 Å². The second kappa shape index (κ2) is 4.40. The molecule has 6 heteroatoms. The second-order valence-corrected chi connectivity index (χ2v) is 5.85. The second-order valence-electron chi connectivity index (χ2n) is 3.90. The Hall–Kier alpha value is -2.34. The van der Waals surface area contributed by atoms with E-state index in [4.69, 9.17) is 0 Å². The van der Waals surface area contributed by atoms with Gasteiger partial charge in [-0.25, -0.2) is 8.42 Å². The van der Waals surface area contributed by atoms with E-state index in [1.54, 1.807) is 18.3 Å². The van der Waals surface area contributed by atoms with Gasteiger partial charge in [0, 0.05) is 24.8 Å². The highest BCUT2D eigenvalue weighted by Gasteiger charge is 2.18. The van der Waals surface area contributed by atoms with E-state index in [0.29, 0.717) is 11.0 Å². The number of sulfone groups is 1. The molecule has 1 aromatic carbocycles. The van der Waals surface area contributed by atoms with Crippen LogP contribution >= 0.6 is 0 Å². The van der Waals surface area contributed by atoms with Gasteiger partial charge in [-0.3, -0.25) is 15.0 Å². The van der Waals surface area contributed by atoms with Gasteiger partial charge in [-0.1, -0.05) is 0 Å². The molecule has 19 heavy (non-hydrogen) atoms. The molecule has 0 bridgehead atoms. The van der Waals surface area contributed by atoms with E-state index < -0.39 is 9.84 Å². The SMILES string of the molecule is O=S(=O)(c1cccnc1)c1ccc2nccnc2c1.